The molecule has 2 aromatic rings. The van der Waals surface area contributed by atoms with Crippen LogP contribution in [-0.4, -0.2) is 57.0 Å². The molecule has 1 aliphatic rings. The third kappa shape index (κ3) is 4.73. The summed E-state index contributed by atoms with van der Waals surface area (Å²) in [7, 11) is 3.32. The van der Waals surface area contributed by atoms with Crippen LogP contribution in [-0.2, 0) is 11.2 Å². The van der Waals surface area contributed by atoms with Crippen molar-refractivity contribution in [3.05, 3.63) is 36.2 Å². The monoisotopic (exact) mass is 344 g/mol. The van der Waals surface area contributed by atoms with Gasteiger partial charge in [-0.15, -0.1) is 0 Å². The molecule has 7 heteroatoms. The Morgan fingerprint density at radius 2 is 1.76 bits per heavy atom. The van der Waals surface area contributed by atoms with Crippen LogP contribution < -0.4 is 19.7 Å². The number of hydrogen-bond donors (Lipinski definition) is 1. The highest BCUT2D eigenvalue weighted by Crippen LogP contribution is 2.23. The molecule has 0 aliphatic carbocycles. The molecule has 0 bridgehead atoms. The number of hydrogen-bond acceptors (Lipinski definition) is 7. The summed E-state index contributed by atoms with van der Waals surface area (Å²) < 4.78 is 16.0. The molecular formula is C18H24N4O3. The molecule has 0 saturated carbocycles. The van der Waals surface area contributed by atoms with Crippen LogP contribution in [0.1, 0.15) is 5.56 Å². The minimum Gasteiger partial charge on any atom is -0.497 e. The molecule has 134 valence electrons. The first-order valence-electron chi connectivity index (χ1n) is 8.39. The van der Waals surface area contributed by atoms with Crippen LogP contribution in [0.5, 0.6) is 11.5 Å². The van der Waals surface area contributed by atoms with Crippen molar-refractivity contribution in [3.8, 4) is 11.5 Å². The van der Waals surface area contributed by atoms with Gasteiger partial charge in [0.25, 0.3) is 0 Å². The lowest BCUT2D eigenvalue weighted by Crippen LogP contribution is -2.36. The second-order valence-electron chi connectivity index (χ2n) is 5.76. The summed E-state index contributed by atoms with van der Waals surface area (Å²) in [6, 6.07) is 7.89. The number of aromatic nitrogens is 2. The first-order valence-corrected chi connectivity index (χ1v) is 8.39. The first-order chi connectivity index (χ1) is 12.3. The van der Waals surface area contributed by atoms with Gasteiger partial charge in [-0.2, -0.15) is 0 Å². The van der Waals surface area contributed by atoms with Gasteiger partial charge in [0.15, 0.2) is 0 Å². The van der Waals surface area contributed by atoms with Crippen molar-refractivity contribution >= 4 is 11.6 Å². The Kier molecular flexibility index (Phi) is 5.90. The van der Waals surface area contributed by atoms with E-state index < -0.39 is 0 Å². The molecule has 1 N–H and O–H groups in total. The van der Waals surface area contributed by atoms with E-state index in [9.17, 15) is 0 Å². The van der Waals surface area contributed by atoms with Crippen LogP contribution >= 0.6 is 0 Å². The van der Waals surface area contributed by atoms with Gasteiger partial charge in [0.2, 0.25) is 0 Å². The fourth-order valence-corrected chi connectivity index (χ4v) is 2.75. The third-order valence-electron chi connectivity index (χ3n) is 4.12. The Morgan fingerprint density at radius 3 is 2.44 bits per heavy atom. The van der Waals surface area contributed by atoms with E-state index in [1.165, 1.54) is 0 Å². The molecule has 2 heterocycles. The molecule has 7 nitrogen and oxygen atoms in total. The topological polar surface area (TPSA) is 68.7 Å². The summed E-state index contributed by atoms with van der Waals surface area (Å²) in [5.41, 5.74) is 1.14. The van der Waals surface area contributed by atoms with Gasteiger partial charge < -0.3 is 24.4 Å². The van der Waals surface area contributed by atoms with Crippen molar-refractivity contribution in [2.45, 2.75) is 6.42 Å². The quantitative estimate of drug-likeness (QED) is 0.824. The maximum absolute atomic E-state index is 5.38. The largest absolute Gasteiger partial charge is 0.497 e. The molecule has 1 aliphatic heterocycles. The Labute approximate surface area is 147 Å². The molecule has 0 amide bonds. The van der Waals surface area contributed by atoms with Crippen molar-refractivity contribution in [3.63, 3.8) is 0 Å². The highest BCUT2D eigenvalue weighted by Gasteiger charge is 2.12. The lowest BCUT2D eigenvalue weighted by Gasteiger charge is -2.27. The summed E-state index contributed by atoms with van der Waals surface area (Å²) in [5, 5.41) is 3.36. The third-order valence-corrected chi connectivity index (χ3v) is 4.12. The zero-order valence-corrected chi connectivity index (χ0v) is 14.7. The SMILES string of the molecule is COc1cc(CCNc2cc(N3CCOCC3)ncn2)cc(OC)c1. The van der Waals surface area contributed by atoms with E-state index in [0.717, 1.165) is 68.0 Å². The summed E-state index contributed by atoms with van der Waals surface area (Å²) in [5.74, 6) is 3.35. The van der Waals surface area contributed by atoms with Gasteiger partial charge in [-0.25, -0.2) is 9.97 Å². The molecule has 0 radical (unpaired) electrons. The number of methoxy groups -OCH3 is 2. The lowest BCUT2D eigenvalue weighted by atomic mass is 10.1. The molecule has 0 atom stereocenters. The maximum atomic E-state index is 5.38. The number of rotatable bonds is 7. The maximum Gasteiger partial charge on any atom is 0.134 e. The minimum absolute atomic E-state index is 0.741. The Morgan fingerprint density at radius 1 is 1.04 bits per heavy atom. The first kappa shape index (κ1) is 17.3. The number of morpholine rings is 1. The van der Waals surface area contributed by atoms with Crippen LogP contribution in [0.3, 0.4) is 0 Å². The van der Waals surface area contributed by atoms with Crippen molar-refractivity contribution < 1.29 is 14.2 Å². The van der Waals surface area contributed by atoms with Crippen LogP contribution in [0.15, 0.2) is 30.6 Å². The normalized spacial score (nSPS) is 14.2. The number of ether oxygens (including phenoxy) is 3. The summed E-state index contributed by atoms with van der Waals surface area (Å²) in [4.78, 5) is 10.9. The standard InChI is InChI=1S/C18H24N4O3/c1-23-15-9-14(10-16(11-15)24-2)3-4-19-17-12-18(21-13-20-17)22-5-7-25-8-6-22/h9-13H,3-8H2,1-2H3,(H,19,20,21). The molecule has 1 fully saturated rings. The van der Waals surface area contributed by atoms with Gasteiger partial charge in [0.1, 0.15) is 29.5 Å². The summed E-state index contributed by atoms with van der Waals surface area (Å²) >= 11 is 0. The molecule has 25 heavy (non-hydrogen) atoms. The number of benzene rings is 1. The number of anilines is 2. The Hall–Kier alpha value is -2.54. The molecular weight excluding hydrogens is 320 g/mol. The highest BCUT2D eigenvalue weighted by molar-refractivity contribution is 5.48. The van der Waals surface area contributed by atoms with Gasteiger partial charge in [-0.05, 0) is 24.1 Å². The van der Waals surface area contributed by atoms with E-state index in [1.807, 2.05) is 24.3 Å². The molecule has 1 saturated heterocycles. The molecule has 1 aromatic heterocycles. The van der Waals surface area contributed by atoms with Crippen molar-refractivity contribution in [2.24, 2.45) is 0 Å². The number of nitrogens with zero attached hydrogens (tertiary/aromatic N) is 3. The fourth-order valence-electron chi connectivity index (χ4n) is 2.75. The van der Waals surface area contributed by atoms with E-state index in [0.29, 0.717) is 0 Å². The van der Waals surface area contributed by atoms with Crippen LogP contribution in [0, 0.1) is 0 Å². The van der Waals surface area contributed by atoms with Crippen LogP contribution in [0.2, 0.25) is 0 Å². The summed E-state index contributed by atoms with van der Waals surface area (Å²) in [6.07, 6.45) is 2.44. The average molecular weight is 344 g/mol. The second kappa shape index (κ2) is 8.53. The van der Waals surface area contributed by atoms with E-state index >= 15 is 0 Å². The second-order valence-corrected chi connectivity index (χ2v) is 5.76. The van der Waals surface area contributed by atoms with Gasteiger partial charge >= 0.3 is 0 Å². The fraction of sp³-hybridized carbons (Fsp3) is 0.444. The zero-order valence-electron chi connectivity index (χ0n) is 14.7. The van der Waals surface area contributed by atoms with Gasteiger partial charge in [0.05, 0.1) is 27.4 Å². The van der Waals surface area contributed by atoms with Crippen LogP contribution in [0.25, 0.3) is 0 Å². The highest BCUT2D eigenvalue weighted by atomic mass is 16.5. The predicted octanol–water partition coefficient (Wildman–Crippen LogP) is 1.98. The Bertz CT molecular complexity index is 668. The van der Waals surface area contributed by atoms with E-state index in [-0.39, 0.29) is 0 Å². The summed E-state index contributed by atoms with van der Waals surface area (Å²) in [6.45, 7) is 3.96. The average Bonchev–Trinajstić information content (AvgIpc) is 2.68. The van der Waals surface area contributed by atoms with Gasteiger partial charge in [0, 0.05) is 31.8 Å². The molecule has 1 aromatic carbocycles. The van der Waals surface area contributed by atoms with Crippen molar-refractivity contribution in [2.75, 3.05) is 57.3 Å². The molecule has 0 unspecified atom stereocenters. The number of nitrogens with one attached hydrogen (secondary N) is 1. The minimum atomic E-state index is 0.741. The molecule has 0 spiro atoms. The van der Waals surface area contributed by atoms with Crippen molar-refractivity contribution in [1.29, 1.82) is 0 Å². The van der Waals surface area contributed by atoms with Gasteiger partial charge in [-0.1, -0.05) is 0 Å². The van der Waals surface area contributed by atoms with E-state index in [4.69, 9.17) is 14.2 Å². The van der Waals surface area contributed by atoms with E-state index in [2.05, 4.69) is 20.2 Å². The Balaban J connectivity index is 1.58. The lowest BCUT2D eigenvalue weighted by molar-refractivity contribution is 0.122. The van der Waals surface area contributed by atoms with Gasteiger partial charge in [-0.3, -0.25) is 0 Å². The predicted molar refractivity (Wildman–Crippen MR) is 96.8 cm³/mol. The zero-order chi connectivity index (χ0) is 17.5. The smallest absolute Gasteiger partial charge is 0.134 e. The molecule has 3 rings (SSSR count). The van der Waals surface area contributed by atoms with Crippen LogP contribution in [0.4, 0.5) is 11.6 Å². The van der Waals surface area contributed by atoms with Crippen molar-refractivity contribution in [1.82, 2.24) is 9.97 Å². The van der Waals surface area contributed by atoms with E-state index in [1.54, 1.807) is 20.5 Å².